The Bertz CT molecular complexity index is 648. The van der Waals surface area contributed by atoms with E-state index in [1.807, 2.05) is 12.1 Å². The summed E-state index contributed by atoms with van der Waals surface area (Å²) in [4.78, 5) is 12.6. The molecule has 1 aliphatic rings. The summed E-state index contributed by atoms with van der Waals surface area (Å²) in [6.45, 7) is 2.85. The van der Waals surface area contributed by atoms with Gasteiger partial charge in [0.1, 0.15) is 0 Å². The molecule has 1 aromatic heterocycles. The Morgan fingerprint density at radius 3 is 3.05 bits per heavy atom. The van der Waals surface area contributed by atoms with Gasteiger partial charge < -0.3 is 16.4 Å². The SMILES string of the molecule is Cc1ccsc1CNc1cc2c(cc1N)CC(=O)N2. The van der Waals surface area contributed by atoms with E-state index in [-0.39, 0.29) is 5.91 Å². The summed E-state index contributed by atoms with van der Waals surface area (Å²) >= 11 is 1.73. The number of rotatable bonds is 3. The number of nitrogens with two attached hydrogens (primary N) is 1. The molecule has 0 fully saturated rings. The van der Waals surface area contributed by atoms with E-state index in [1.54, 1.807) is 11.3 Å². The maximum Gasteiger partial charge on any atom is 0.228 e. The monoisotopic (exact) mass is 273 g/mol. The van der Waals surface area contributed by atoms with Gasteiger partial charge in [-0.15, -0.1) is 11.3 Å². The molecule has 98 valence electrons. The molecule has 0 saturated carbocycles. The van der Waals surface area contributed by atoms with Crippen LogP contribution in [0.1, 0.15) is 16.0 Å². The fourth-order valence-electron chi connectivity index (χ4n) is 2.21. The standard InChI is InChI=1S/C14H15N3OS/c1-8-2-3-19-13(8)7-16-12-6-11-9(4-10(12)15)5-14(18)17-11/h2-4,6,16H,5,7,15H2,1H3,(H,17,18). The summed E-state index contributed by atoms with van der Waals surface area (Å²) in [5.74, 6) is 0.0284. The molecule has 3 rings (SSSR count). The molecule has 19 heavy (non-hydrogen) atoms. The van der Waals surface area contributed by atoms with E-state index in [4.69, 9.17) is 5.73 Å². The Balaban J connectivity index is 1.80. The van der Waals surface area contributed by atoms with Crippen molar-refractivity contribution < 1.29 is 4.79 Å². The summed E-state index contributed by atoms with van der Waals surface area (Å²) in [6.07, 6.45) is 0.420. The lowest BCUT2D eigenvalue weighted by Crippen LogP contribution is -2.04. The number of benzene rings is 1. The Morgan fingerprint density at radius 2 is 2.32 bits per heavy atom. The zero-order chi connectivity index (χ0) is 13.4. The highest BCUT2D eigenvalue weighted by Gasteiger charge is 2.19. The highest BCUT2D eigenvalue weighted by atomic mass is 32.1. The van der Waals surface area contributed by atoms with Gasteiger partial charge in [-0.25, -0.2) is 0 Å². The van der Waals surface area contributed by atoms with Gasteiger partial charge in [0.15, 0.2) is 0 Å². The van der Waals surface area contributed by atoms with Gasteiger partial charge in [-0.1, -0.05) is 0 Å². The Morgan fingerprint density at radius 1 is 1.47 bits per heavy atom. The third-order valence-corrected chi connectivity index (χ3v) is 4.33. The summed E-state index contributed by atoms with van der Waals surface area (Å²) in [5, 5.41) is 8.25. The van der Waals surface area contributed by atoms with Crippen molar-refractivity contribution in [1.29, 1.82) is 0 Å². The number of carbonyl (C=O) groups excluding carboxylic acids is 1. The van der Waals surface area contributed by atoms with Crippen LogP contribution in [0.2, 0.25) is 0 Å². The molecule has 1 amide bonds. The van der Waals surface area contributed by atoms with Crippen molar-refractivity contribution >= 4 is 34.3 Å². The first-order valence-corrected chi connectivity index (χ1v) is 7.00. The summed E-state index contributed by atoms with van der Waals surface area (Å²) in [7, 11) is 0. The van der Waals surface area contributed by atoms with E-state index in [0.717, 1.165) is 23.5 Å². The molecule has 0 bridgehead atoms. The zero-order valence-corrected chi connectivity index (χ0v) is 11.4. The molecular formula is C14H15N3OS. The lowest BCUT2D eigenvalue weighted by Gasteiger charge is -2.11. The molecule has 0 aliphatic carbocycles. The fourth-order valence-corrected chi connectivity index (χ4v) is 3.05. The van der Waals surface area contributed by atoms with Crippen molar-refractivity contribution in [1.82, 2.24) is 0 Å². The third-order valence-electron chi connectivity index (χ3n) is 3.31. The Labute approximate surface area is 115 Å². The largest absolute Gasteiger partial charge is 0.397 e. The first-order chi connectivity index (χ1) is 9.13. The highest BCUT2D eigenvalue weighted by Crippen LogP contribution is 2.32. The first kappa shape index (κ1) is 12.0. The number of aryl methyl sites for hydroxylation is 1. The molecule has 2 heterocycles. The van der Waals surface area contributed by atoms with E-state index in [1.165, 1.54) is 10.4 Å². The number of fused-ring (bicyclic) bond motifs is 1. The van der Waals surface area contributed by atoms with Gasteiger partial charge >= 0.3 is 0 Å². The van der Waals surface area contributed by atoms with Gasteiger partial charge in [0.25, 0.3) is 0 Å². The van der Waals surface area contributed by atoms with Crippen molar-refractivity contribution in [3.63, 3.8) is 0 Å². The topological polar surface area (TPSA) is 67.1 Å². The number of hydrogen-bond acceptors (Lipinski definition) is 4. The minimum atomic E-state index is 0.0284. The van der Waals surface area contributed by atoms with E-state index in [0.29, 0.717) is 12.1 Å². The van der Waals surface area contributed by atoms with Crippen LogP contribution in [0.4, 0.5) is 17.1 Å². The van der Waals surface area contributed by atoms with Crippen LogP contribution in [0.3, 0.4) is 0 Å². The van der Waals surface area contributed by atoms with E-state index >= 15 is 0 Å². The van der Waals surface area contributed by atoms with Crippen molar-refractivity contribution in [2.45, 2.75) is 19.9 Å². The maximum absolute atomic E-state index is 11.3. The first-order valence-electron chi connectivity index (χ1n) is 6.12. The number of nitrogen functional groups attached to an aromatic ring is 1. The Hall–Kier alpha value is -2.01. The summed E-state index contributed by atoms with van der Waals surface area (Å²) < 4.78 is 0. The lowest BCUT2D eigenvalue weighted by molar-refractivity contribution is -0.115. The molecule has 5 heteroatoms. The highest BCUT2D eigenvalue weighted by molar-refractivity contribution is 7.10. The van der Waals surface area contributed by atoms with Crippen LogP contribution in [0.15, 0.2) is 23.6 Å². The molecule has 0 atom stereocenters. The number of nitrogens with one attached hydrogen (secondary N) is 2. The van der Waals surface area contributed by atoms with E-state index < -0.39 is 0 Å². The zero-order valence-electron chi connectivity index (χ0n) is 10.6. The van der Waals surface area contributed by atoms with Crippen molar-refractivity contribution in [3.8, 4) is 0 Å². The number of anilines is 3. The normalized spacial score (nSPS) is 13.2. The van der Waals surface area contributed by atoms with Crippen LogP contribution in [0.5, 0.6) is 0 Å². The number of amides is 1. The molecule has 1 aromatic carbocycles. The summed E-state index contributed by atoms with van der Waals surface area (Å²) in [6, 6.07) is 5.89. The van der Waals surface area contributed by atoms with Crippen LogP contribution < -0.4 is 16.4 Å². The fraction of sp³-hybridized carbons (Fsp3) is 0.214. The predicted octanol–water partition coefficient (Wildman–Crippen LogP) is 2.75. The van der Waals surface area contributed by atoms with Gasteiger partial charge in [-0.3, -0.25) is 4.79 Å². The second-order valence-corrected chi connectivity index (χ2v) is 5.70. The maximum atomic E-state index is 11.3. The van der Waals surface area contributed by atoms with Crippen molar-refractivity contribution in [2.24, 2.45) is 0 Å². The van der Waals surface area contributed by atoms with Crippen molar-refractivity contribution in [3.05, 3.63) is 39.6 Å². The minimum Gasteiger partial charge on any atom is -0.397 e. The van der Waals surface area contributed by atoms with E-state index in [9.17, 15) is 4.79 Å². The number of carbonyl (C=O) groups is 1. The Kier molecular flexibility index (Phi) is 2.91. The number of thiophene rings is 1. The van der Waals surface area contributed by atoms with Crippen LogP contribution in [0, 0.1) is 6.92 Å². The molecular weight excluding hydrogens is 258 g/mol. The smallest absolute Gasteiger partial charge is 0.228 e. The van der Waals surface area contributed by atoms with Crippen LogP contribution in [-0.4, -0.2) is 5.91 Å². The summed E-state index contributed by atoms with van der Waals surface area (Å²) in [5.41, 5.74) is 10.7. The van der Waals surface area contributed by atoms with E-state index in [2.05, 4.69) is 29.0 Å². The molecule has 1 aliphatic heterocycles. The molecule has 4 nitrogen and oxygen atoms in total. The van der Waals surface area contributed by atoms with Gasteiger partial charge in [-0.2, -0.15) is 0 Å². The molecule has 0 radical (unpaired) electrons. The van der Waals surface area contributed by atoms with Gasteiger partial charge in [0, 0.05) is 17.1 Å². The second kappa shape index (κ2) is 4.59. The molecule has 2 aromatic rings. The number of hydrogen-bond donors (Lipinski definition) is 3. The second-order valence-electron chi connectivity index (χ2n) is 4.70. The third kappa shape index (κ3) is 2.29. The molecule has 0 unspecified atom stereocenters. The van der Waals surface area contributed by atoms with Gasteiger partial charge in [-0.05, 0) is 41.6 Å². The van der Waals surface area contributed by atoms with Gasteiger partial charge in [0.2, 0.25) is 5.91 Å². The average Bonchev–Trinajstić information content (AvgIpc) is 2.91. The van der Waals surface area contributed by atoms with Crippen LogP contribution in [0.25, 0.3) is 0 Å². The van der Waals surface area contributed by atoms with Crippen LogP contribution in [-0.2, 0) is 17.8 Å². The molecule has 4 N–H and O–H groups in total. The minimum absolute atomic E-state index is 0.0284. The molecule has 0 spiro atoms. The van der Waals surface area contributed by atoms with Crippen LogP contribution >= 0.6 is 11.3 Å². The average molecular weight is 273 g/mol. The lowest BCUT2D eigenvalue weighted by atomic mass is 10.1. The quantitative estimate of drug-likeness (QED) is 0.753. The van der Waals surface area contributed by atoms with Gasteiger partial charge in [0.05, 0.1) is 17.8 Å². The molecule has 0 saturated heterocycles. The van der Waals surface area contributed by atoms with Crippen molar-refractivity contribution in [2.75, 3.05) is 16.4 Å². The predicted molar refractivity (Wildman–Crippen MR) is 79.6 cm³/mol.